The standard InChI is InChI=1S/C19H21N5O2/c1-14-16(6-4-9-20-14)22-18(25)17-11-19(26-23-17)7-10-24(13-19)12-15-5-2-3-8-21-15/h2-6,8-9H,7,10-13H2,1H3,(H,22,25). The molecule has 0 saturated carbocycles. The lowest BCUT2D eigenvalue weighted by atomic mass is 9.96. The number of aryl methyl sites for hydroxylation is 1. The summed E-state index contributed by atoms with van der Waals surface area (Å²) in [6, 6.07) is 9.55. The van der Waals surface area contributed by atoms with Crippen molar-refractivity contribution in [3.63, 3.8) is 0 Å². The second-order valence-electron chi connectivity index (χ2n) is 6.86. The van der Waals surface area contributed by atoms with E-state index in [0.717, 1.165) is 37.4 Å². The van der Waals surface area contributed by atoms with Crippen molar-refractivity contribution in [1.29, 1.82) is 0 Å². The van der Waals surface area contributed by atoms with E-state index in [9.17, 15) is 4.79 Å². The van der Waals surface area contributed by atoms with Gasteiger partial charge in [0.25, 0.3) is 5.91 Å². The van der Waals surface area contributed by atoms with Gasteiger partial charge in [-0.2, -0.15) is 0 Å². The molecule has 1 saturated heterocycles. The Morgan fingerprint density at radius 1 is 1.27 bits per heavy atom. The number of amides is 1. The van der Waals surface area contributed by atoms with Gasteiger partial charge in [0.05, 0.1) is 17.1 Å². The molecule has 0 aromatic carbocycles. The monoisotopic (exact) mass is 351 g/mol. The Morgan fingerprint density at radius 2 is 2.15 bits per heavy atom. The number of pyridine rings is 2. The molecule has 4 rings (SSSR count). The van der Waals surface area contributed by atoms with Crippen LogP contribution in [-0.2, 0) is 16.2 Å². The maximum Gasteiger partial charge on any atom is 0.273 e. The van der Waals surface area contributed by atoms with Crippen molar-refractivity contribution >= 4 is 17.3 Å². The molecular formula is C19H21N5O2. The Labute approximate surface area is 152 Å². The van der Waals surface area contributed by atoms with Gasteiger partial charge in [0.15, 0.2) is 5.60 Å². The van der Waals surface area contributed by atoms with E-state index in [-0.39, 0.29) is 5.91 Å². The molecule has 1 fully saturated rings. The van der Waals surface area contributed by atoms with Crippen LogP contribution >= 0.6 is 0 Å². The van der Waals surface area contributed by atoms with Crippen LogP contribution in [0.25, 0.3) is 0 Å². The van der Waals surface area contributed by atoms with Crippen LogP contribution in [0.2, 0.25) is 0 Å². The Bertz CT molecular complexity index is 839. The highest BCUT2D eigenvalue weighted by Crippen LogP contribution is 2.34. The predicted molar refractivity (Wildman–Crippen MR) is 97.6 cm³/mol. The first-order valence-electron chi connectivity index (χ1n) is 8.74. The van der Waals surface area contributed by atoms with Gasteiger partial charge in [-0.15, -0.1) is 0 Å². The molecule has 1 spiro atoms. The molecular weight excluding hydrogens is 330 g/mol. The van der Waals surface area contributed by atoms with Crippen LogP contribution in [0.4, 0.5) is 5.69 Å². The van der Waals surface area contributed by atoms with Gasteiger partial charge in [-0.3, -0.25) is 19.7 Å². The summed E-state index contributed by atoms with van der Waals surface area (Å²) in [7, 11) is 0. The summed E-state index contributed by atoms with van der Waals surface area (Å²) >= 11 is 0. The average Bonchev–Trinajstić information content (AvgIpc) is 3.25. The van der Waals surface area contributed by atoms with E-state index in [1.807, 2.05) is 31.2 Å². The minimum absolute atomic E-state index is 0.221. The third-order valence-corrected chi connectivity index (χ3v) is 4.86. The largest absolute Gasteiger partial charge is 0.387 e. The van der Waals surface area contributed by atoms with Crippen molar-refractivity contribution in [2.24, 2.45) is 5.16 Å². The van der Waals surface area contributed by atoms with Gasteiger partial charge in [0.1, 0.15) is 5.71 Å². The molecule has 7 heteroatoms. The van der Waals surface area contributed by atoms with E-state index >= 15 is 0 Å². The van der Waals surface area contributed by atoms with Gasteiger partial charge in [0.2, 0.25) is 0 Å². The van der Waals surface area contributed by atoms with Crippen molar-refractivity contribution in [2.75, 3.05) is 18.4 Å². The summed E-state index contributed by atoms with van der Waals surface area (Å²) in [5.74, 6) is -0.221. The number of nitrogens with zero attached hydrogens (tertiary/aromatic N) is 4. The van der Waals surface area contributed by atoms with Crippen molar-refractivity contribution in [1.82, 2.24) is 14.9 Å². The first-order chi connectivity index (χ1) is 12.6. The Kier molecular flexibility index (Phi) is 4.38. The highest BCUT2D eigenvalue weighted by molar-refractivity contribution is 6.43. The van der Waals surface area contributed by atoms with Crippen LogP contribution in [-0.4, -0.2) is 45.2 Å². The van der Waals surface area contributed by atoms with Crippen LogP contribution in [0.5, 0.6) is 0 Å². The van der Waals surface area contributed by atoms with Crippen LogP contribution in [0, 0.1) is 6.92 Å². The van der Waals surface area contributed by atoms with E-state index in [4.69, 9.17) is 4.84 Å². The summed E-state index contributed by atoms with van der Waals surface area (Å²) in [6.07, 6.45) is 4.88. The molecule has 2 aromatic heterocycles. The summed E-state index contributed by atoms with van der Waals surface area (Å²) in [5.41, 5.74) is 2.55. The van der Waals surface area contributed by atoms with Crippen molar-refractivity contribution in [3.05, 3.63) is 54.1 Å². The van der Waals surface area contributed by atoms with E-state index in [1.165, 1.54) is 0 Å². The van der Waals surface area contributed by atoms with Gasteiger partial charge < -0.3 is 10.2 Å². The van der Waals surface area contributed by atoms with E-state index in [2.05, 4.69) is 25.3 Å². The zero-order valence-corrected chi connectivity index (χ0v) is 14.7. The molecule has 1 unspecified atom stereocenters. The molecule has 1 atom stereocenters. The molecule has 1 N–H and O–H groups in total. The normalized spacial score (nSPS) is 22.3. The highest BCUT2D eigenvalue weighted by Gasteiger charge is 2.46. The fourth-order valence-electron chi connectivity index (χ4n) is 3.46. The lowest BCUT2D eigenvalue weighted by Crippen LogP contribution is -2.35. The number of rotatable bonds is 4. The zero-order chi connectivity index (χ0) is 18.0. The third-order valence-electron chi connectivity index (χ3n) is 4.86. The van der Waals surface area contributed by atoms with Crippen LogP contribution in [0.1, 0.15) is 24.2 Å². The van der Waals surface area contributed by atoms with Crippen molar-refractivity contribution < 1.29 is 9.63 Å². The predicted octanol–water partition coefficient (Wildman–Crippen LogP) is 2.14. The molecule has 2 aliphatic rings. The average molecular weight is 351 g/mol. The van der Waals surface area contributed by atoms with Crippen molar-refractivity contribution in [2.45, 2.75) is 31.9 Å². The number of oxime groups is 1. The SMILES string of the molecule is Cc1ncccc1NC(=O)C1=NOC2(CCN(Cc3ccccn3)C2)C1. The van der Waals surface area contributed by atoms with Crippen LogP contribution in [0.15, 0.2) is 47.9 Å². The topological polar surface area (TPSA) is 79.7 Å². The minimum atomic E-state index is -0.397. The fraction of sp³-hybridized carbons (Fsp3) is 0.368. The van der Waals surface area contributed by atoms with Crippen molar-refractivity contribution in [3.8, 4) is 0 Å². The number of anilines is 1. The third kappa shape index (κ3) is 3.43. The molecule has 26 heavy (non-hydrogen) atoms. The number of nitrogens with one attached hydrogen (secondary N) is 1. The Hall–Kier alpha value is -2.80. The second-order valence-corrected chi connectivity index (χ2v) is 6.86. The van der Waals surface area contributed by atoms with Gasteiger partial charge in [-0.05, 0) is 31.2 Å². The molecule has 0 radical (unpaired) electrons. The molecule has 7 nitrogen and oxygen atoms in total. The Balaban J connectivity index is 1.36. The number of carbonyl (C=O) groups excluding carboxylic acids is 1. The number of likely N-dealkylation sites (tertiary alicyclic amines) is 1. The van der Waals surface area contributed by atoms with Gasteiger partial charge in [0, 0.05) is 44.9 Å². The first-order valence-corrected chi connectivity index (χ1v) is 8.74. The lowest BCUT2D eigenvalue weighted by molar-refractivity contribution is -0.110. The number of aromatic nitrogens is 2. The smallest absolute Gasteiger partial charge is 0.273 e. The maximum atomic E-state index is 12.5. The van der Waals surface area contributed by atoms with E-state index < -0.39 is 5.60 Å². The Morgan fingerprint density at radius 3 is 2.96 bits per heavy atom. The fourth-order valence-corrected chi connectivity index (χ4v) is 3.46. The number of hydrogen-bond donors (Lipinski definition) is 1. The molecule has 0 bridgehead atoms. The maximum absolute atomic E-state index is 12.5. The molecule has 1 amide bonds. The number of carbonyl (C=O) groups is 1. The summed E-state index contributed by atoms with van der Waals surface area (Å²) in [5, 5.41) is 6.95. The zero-order valence-electron chi connectivity index (χ0n) is 14.7. The summed E-state index contributed by atoms with van der Waals surface area (Å²) in [4.78, 5) is 29.1. The van der Waals surface area contributed by atoms with Gasteiger partial charge in [-0.25, -0.2) is 0 Å². The molecule has 134 valence electrons. The van der Waals surface area contributed by atoms with Crippen LogP contribution < -0.4 is 5.32 Å². The van der Waals surface area contributed by atoms with Crippen LogP contribution in [0.3, 0.4) is 0 Å². The summed E-state index contributed by atoms with van der Waals surface area (Å²) in [6.45, 7) is 4.29. The molecule has 2 aromatic rings. The minimum Gasteiger partial charge on any atom is -0.387 e. The summed E-state index contributed by atoms with van der Waals surface area (Å²) < 4.78 is 0. The second kappa shape index (κ2) is 6.84. The van der Waals surface area contributed by atoms with E-state index in [0.29, 0.717) is 17.8 Å². The molecule has 0 aliphatic carbocycles. The van der Waals surface area contributed by atoms with Gasteiger partial charge >= 0.3 is 0 Å². The van der Waals surface area contributed by atoms with Gasteiger partial charge in [-0.1, -0.05) is 11.2 Å². The number of hydrogen-bond acceptors (Lipinski definition) is 6. The lowest BCUT2D eigenvalue weighted by Gasteiger charge is -2.21. The molecule has 4 heterocycles. The molecule has 2 aliphatic heterocycles. The quantitative estimate of drug-likeness (QED) is 0.913. The first kappa shape index (κ1) is 16.7. The highest BCUT2D eigenvalue weighted by atomic mass is 16.7. The van der Waals surface area contributed by atoms with E-state index in [1.54, 1.807) is 18.5 Å².